The quantitative estimate of drug-likeness (QED) is 0.877. The highest BCUT2D eigenvalue weighted by Crippen LogP contribution is 2.21. The molecule has 0 aliphatic carbocycles. The van der Waals surface area contributed by atoms with E-state index < -0.39 is 0 Å². The number of nitrogens with one attached hydrogen (secondary N) is 1. The van der Waals surface area contributed by atoms with Crippen molar-refractivity contribution in [2.45, 2.75) is 44.7 Å². The Balaban J connectivity index is 1.92. The first-order chi connectivity index (χ1) is 9.20. The highest BCUT2D eigenvalue weighted by Gasteiger charge is 2.19. The third kappa shape index (κ3) is 4.02. The Bertz CT molecular complexity index is 394. The van der Waals surface area contributed by atoms with Gasteiger partial charge in [0, 0.05) is 18.6 Å². The van der Waals surface area contributed by atoms with E-state index in [4.69, 9.17) is 0 Å². The second-order valence-corrected chi connectivity index (χ2v) is 5.57. The zero-order valence-corrected chi connectivity index (χ0v) is 12.0. The molecule has 0 aromatic heterocycles. The minimum atomic E-state index is -0.149. The van der Waals surface area contributed by atoms with Crippen molar-refractivity contribution in [3.8, 4) is 0 Å². The fourth-order valence-electron chi connectivity index (χ4n) is 2.99. The van der Waals surface area contributed by atoms with Gasteiger partial charge in [-0.25, -0.2) is 4.39 Å². The Labute approximate surface area is 116 Å². The number of hydrogen-bond donors (Lipinski definition) is 1. The summed E-state index contributed by atoms with van der Waals surface area (Å²) in [7, 11) is 1.95. The lowest BCUT2D eigenvalue weighted by Gasteiger charge is -2.34. The lowest BCUT2D eigenvalue weighted by atomic mass is 10.0. The molecule has 1 aliphatic heterocycles. The first-order valence-corrected chi connectivity index (χ1v) is 7.37. The number of benzene rings is 1. The SMILES string of the molecule is CNC(CCN1CCCCC1C)c1cccc(F)c1. The summed E-state index contributed by atoms with van der Waals surface area (Å²) in [4.78, 5) is 2.56. The molecule has 1 aromatic carbocycles. The van der Waals surface area contributed by atoms with Gasteiger partial charge in [-0.3, -0.25) is 0 Å². The van der Waals surface area contributed by atoms with Crippen molar-refractivity contribution in [2.24, 2.45) is 0 Å². The Morgan fingerprint density at radius 3 is 2.95 bits per heavy atom. The molecule has 2 nitrogen and oxygen atoms in total. The van der Waals surface area contributed by atoms with Gasteiger partial charge >= 0.3 is 0 Å². The normalized spacial score (nSPS) is 22.4. The molecule has 2 rings (SSSR count). The second-order valence-electron chi connectivity index (χ2n) is 5.57. The Hall–Kier alpha value is -0.930. The Morgan fingerprint density at radius 2 is 2.26 bits per heavy atom. The highest BCUT2D eigenvalue weighted by atomic mass is 19.1. The molecular formula is C16H25FN2. The van der Waals surface area contributed by atoms with Crippen molar-refractivity contribution in [3.63, 3.8) is 0 Å². The maximum absolute atomic E-state index is 13.3. The summed E-state index contributed by atoms with van der Waals surface area (Å²) >= 11 is 0. The summed E-state index contributed by atoms with van der Waals surface area (Å²) < 4.78 is 13.3. The van der Waals surface area contributed by atoms with Gasteiger partial charge in [0.15, 0.2) is 0 Å². The summed E-state index contributed by atoms with van der Waals surface area (Å²) in [6, 6.07) is 7.87. The van der Waals surface area contributed by atoms with E-state index >= 15 is 0 Å². The predicted octanol–water partition coefficient (Wildman–Crippen LogP) is 3.35. The third-order valence-corrected chi connectivity index (χ3v) is 4.25. The second kappa shape index (κ2) is 7.01. The van der Waals surface area contributed by atoms with E-state index in [1.165, 1.54) is 31.9 Å². The van der Waals surface area contributed by atoms with Gasteiger partial charge in [-0.2, -0.15) is 0 Å². The van der Waals surface area contributed by atoms with E-state index in [9.17, 15) is 4.39 Å². The molecule has 1 aliphatic rings. The molecule has 1 aromatic rings. The zero-order valence-electron chi connectivity index (χ0n) is 12.0. The molecule has 2 unspecified atom stereocenters. The van der Waals surface area contributed by atoms with Crippen molar-refractivity contribution in [1.82, 2.24) is 10.2 Å². The molecule has 3 heteroatoms. The average Bonchev–Trinajstić information content (AvgIpc) is 2.41. The van der Waals surface area contributed by atoms with Crippen LogP contribution in [-0.2, 0) is 0 Å². The van der Waals surface area contributed by atoms with E-state index in [0.717, 1.165) is 18.5 Å². The van der Waals surface area contributed by atoms with Crippen LogP contribution < -0.4 is 5.32 Å². The molecule has 19 heavy (non-hydrogen) atoms. The van der Waals surface area contributed by atoms with Crippen LogP contribution in [0.4, 0.5) is 4.39 Å². The van der Waals surface area contributed by atoms with Crippen LogP contribution in [0.25, 0.3) is 0 Å². The van der Waals surface area contributed by atoms with E-state index in [1.807, 2.05) is 13.1 Å². The zero-order chi connectivity index (χ0) is 13.7. The topological polar surface area (TPSA) is 15.3 Å². The molecule has 1 N–H and O–H groups in total. The van der Waals surface area contributed by atoms with Gasteiger partial charge in [-0.15, -0.1) is 0 Å². The molecule has 1 fully saturated rings. The van der Waals surface area contributed by atoms with Crippen molar-refractivity contribution in [2.75, 3.05) is 20.1 Å². The minimum Gasteiger partial charge on any atom is -0.313 e. The summed E-state index contributed by atoms with van der Waals surface area (Å²) in [5.74, 6) is -0.149. The maximum Gasteiger partial charge on any atom is 0.123 e. The lowest BCUT2D eigenvalue weighted by Crippen LogP contribution is -2.39. The molecule has 106 valence electrons. The van der Waals surface area contributed by atoms with Crippen LogP contribution in [0.2, 0.25) is 0 Å². The molecule has 0 spiro atoms. The van der Waals surface area contributed by atoms with Crippen molar-refractivity contribution in [1.29, 1.82) is 0 Å². The maximum atomic E-state index is 13.3. The summed E-state index contributed by atoms with van der Waals surface area (Å²) in [6.07, 6.45) is 5.01. The molecule has 0 radical (unpaired) electrons. The fraction of sp³-hybridized carbons (Fsp3) is 0.625. The summed E-state index contributed by atoms with van der Waals surface area (Å²) in [5.41, 5.74) is 1.05. The predicted molar refractivity (Wildman–Crippen MR) is 77.7 cm³/mol. The van der Waals surface area contributed by atoms with Crippen LogP contribution >= 0.6 is 0 Å². The fourth-order valence-corrected chi connectivity index (χ4v) is 2.99. The molecule has 0 bridgehead atoms. The van der Waals surface area contributed by atoms with Gasteiger partial charge in [-0.05, 0) is 57.5 Å². The van der Waals surface area contributed by atoms with E-state index in [2.05, 4.69) is 17.1 Å². The van der Waals surface area contributed by atoms with E-state index in [-0.39, 0.29) is 11.9 Å². The van der Waals surface area contributed by atoms with Crippen molar-refractivity contribution >= 4 is 0 Å². The van der Waals surface area contributed by atoms with Gasteiger partial charge in [0.25, 0.3) is 0 Å². The number of nitrogens with zero attached hydrogens (tertiary/aromatic N) is 1. The van der Waals surface area contributed by atoms with E-state index in [1.54, 1.807) is 12.1 Å². The first-order valence-electron chi connectivity index (χ1n) is 7.37. The standard InChI is InChI=1S/C16H25FN2/c1-13-6-3-4-10-19(13)11-9-16(18-2)14-7-5-8-15(17)12-14/h5,7-8,12-13,16,18H,3-4,6,9-11H2,1-2H3. The highest BCUT2D eigenvalue weighted by molar-refractivity contribution is 5.20. The average molecular weight is 264 g/mol. The molecule has 1 heterocycles. The number of rotatable bonds is 5. The minimum absolute atomic E-state index is 0.149. The summed E-state index contributed by atoms with van der Waals surface area (Å²) in [6.45, 7) is 4.61. The Kier molecular flexibility index (Phi) is 5.34. The molecule has 1 saturated heterocycles. The smallest absolute Gasteiger partial charge is 0.123 e. The third-order valence-electron chi connectivity index (χ3n) is 4.25. The first kappa shape index (κ1) is 14.5. The largest absolute Gasteiger partial charge is 0.313 e. The van der Waals surface area contributed by atoms with Crippen molar-refractivity contribution < 1.29 is 4.39 Å². The summed E-state index contributed by atoms with van der Waals surface area (Å²) in [5, 5.41) is 3.31. The van der Waals surface area contributed by atoms with Crippen LogP contribution in [0, 0.1) is 5.82 Å². The van der Waals surface area contributed by atoms with E-state index in [0.29, 0.717) is 6.04 Å². The van der Waals surface area contributed by atoms with Crippen molar-refractivity contribution in [3.05, 3.63) is 35.6 Å². The molecule has 2 atom stereocenters. The van der Waals surface area contributed by atoms with Crippen LogP contribution in [0.1, 0.15) is 44.2 Å². The number of likely N-dealkylation sites (tertiary alicyclic amines) is 1. The van der Waals surface area contributed by atoms with Gasteiger partial charge in [0.1, 0.15) is 5.82 Å². The van der Waals surface area contributed by atoms with Crippen LogP contribution in [0.15, 0.2) is 24.3 Å². The van der Waals surface area contributed by atoms with Gasteiger partial charge in [0.05, 0.1) is 0 Å². The van der Waals surface area contributed by atoms with Crippen LogP contribution in [0.5, 0.6) is 0 Å². The molecule has 0 amide bonds. The Morgan fingerprint density at radius 1 is 1.42 bits per heavy atom. The van der Waals surface area contributed by atoms with Crippen LogP contribution in [-0.4, -0.2) is 31.1 Å². The molecule has 0 saturated carbocycles. The van der Waals surface area contributed by atoms with Gasteiger partial charge in [-0.1, -0.05) is 18.6 Å². The lowest BCUT2D eigenvalue weighted by molar-refractivity contribution is 0.154. The monoisotopic (exact) mass is 264 g/mol. The van der Waals surface area contributed by atoms with Crippen LogP contribution in [0.3, 0.4) is 0 Å². The number of piperidine rings is 1. The number of hydrogen-bond acceptors (Lipinski definition) is 2. The van der Waals surface area contributed by atoms with Gasteiger partial charge in [0.2, 0.25) is 0 Å². The molecular weight excluding hydrogens is 239 g/mol. The van der Waals surface area contributed by atoms with Gasteiger partial charge < -0.3 is 10.2 Å². The number of halogens is 1.